The molecule has 0 saturated heterocycles. The van der Waals surface area contributed by atoms with E-state index in [4.69, 9.17) is 5.11 Å². The molecule has 0 fully saturated rings. The average Bonchev–Trinajstić information content (AvgIpc) is 2.32. The maximum absolute atomic E-state index is 7.98. The molecular formula is C13H22NOUVW-. The first-order valence-corrected chi connectivity index (χ1v) is 4.69. The molecule has 0 spiro atoms. The normalized spacial score (nSPS) is 6.00. The standard InChI is InChI=1S/C6H4.C4H9NO.C2H6.CH3.U.V.W/c1-2-4-6-5-3-1;1-2-5-3-4-6;1-2;;;;/h1-2,5-6H;4-6H,1-3H2;1-2H3;1H3;;;/q2*-2;;-1;2*+2;. The molecule has 0 unspecified atom stereocenters. The molecule has 101 valence electrons. The van der Waals surface area contributed by atoms with Gasteiger partial charge in [-0.1, -0.05) is 13.8 Å². The van der Waals surface area contributed by atoms with Gasteiger partial charge in [0.1, 0.15) is 0 Å². The molecule has 5 heteroatoms. The van der Waals surface area contributed by atoms with E-state index in [0.29, 0.717) is 13.1 Å². The van der Waals surface area contributed by atoms with Crippen molar-refractivity contribution in [3.63, 3.8) is 0 Å². The van der Waals surface area contributed by atoms with Gasteiger partial charge >= 0.3 is 49.7 Å². The van der Waals surface area contributed by atoms with Gasteiger partial charge in [0.15, 0.2) is 0 Å². The van der Waals surface area contributed by atoms with Crippen LogP contribution >= 0.6 is 0 Å². The van der Waals surface area contributed by atoms with Gasteiger partial charge in [0, 0.05) is 21.1 Å². The predicted octanol–water partition coefficient (Wildman–Crippen LogP) is 2.70. The van der Waals surface area contributed by atoms with Crippen LogP contribution in [0.4, 0.5) is 0 Å². The number of rotatable bonds is 3. The number of nitrogens with one attached hydrogen (secondary N) is 1. The molecule has 0 aliphatic rings. The maximum Gasteiger partial charge on any atom is 2.00 e. The van der Waals surface area contributed by atoms with E-state index in [1.165, 1.54) is 0 Å². The molecule has 1 rings (SSSR count). The Labute approximate surface area is 164 Å². The Morgan fingerprint density at radius 3 is 1.61 bits per heavy atom. The van der Waals surface area contributed by atoms with E-state index >= 15 is 0 Å². The second-order valence-electron chi connectivity index (χ2n) is 1.89. The molecule has 0 saturated carbocycles. The van der Waals surface area contributed by atoms with Crippen molar-refractivity contribution in [3.05, 3.63) is 57.4 Å². The monoisotopic (exact) mass is 681 g/mol. The minimum absolute atomic E-state index is 0. The van der Waals surface area contributed by atoms with E-state index in [-0.39, 0.29) is 78.2 Å². The molecule has 18 heavy (non-hydrogen) atoms. The summed E-state index contributed by atoms with van der Waals surface area (Å²) in [4.78, 5) is 0. The van der Waals surface area contributed by atoms with Crippen LogP contribution in [-0.4, -0.2) is 18.2 Å². The molecule has 0 amide bonds. The Kier molecular flexibility index (Phi) is 87.1. The van der Waals surface area contributed by atoms with Gasteiger partial charge in [-0.2, -0.15) is 0 Å². The van der Waals surface area contributed by atoms with Crippen molar-refractivity contribution < 1.29 is 75.8 Å². The third kappa shape index (κ3) is 43.2. The molecule has 0 bridgehead atoms. The Bertz CT molecular complexity index is 140. The summed E-state index contributed by atoms with van der Waals surface area (Å²) in [5, 5.41) is 10.8. The predicted molar refractivity (Wildman–Crippen MR) is 66.3 cm³/mol. The topological polar surface area (TPSA) is 32.3 Å². The Morgan fingerprint density at radius 2 is 1.50 bits per heavy atom. The Hall–Kier alpha value is 1.46. The van der Waals surface area contributed by atoms with Crippen molar-refractivity contribution in [2.24, 2.45) is 0 Å². The first kappa shape index (κ1) is 36.6. The smallest absolute Gasteiger partial charge is 0.565 e. The van der Waals surface area contributed by atoms with Crippen molar-refractivity contribution in [2.75, 3.05) is 13.1 Å². The zero-order chi connectivity index (χ0) is 11.1. The third-order valence-corrected chi connectivity index (χ3v) is 0.964. The van der Waals surface area contributed by atoms with Crippen LogP contribution in [0.5, 0.6) is 0 Å². The van der Waals surface area contributed by atoms with Gasteiger partial charge in [0.25, 0.3) is 0 Å². The third-order valence-electron chi connectivity index (χ3n) is 0.964. The molecule has 0 aromatic heterocycles. The minimum atomic E-state index is 0. The van der Waals surface area contributed by atoms with Crippen LogP contribution in [0.2, 0.25) is 0 Å². The molecule has 0 aliphatic heterocycles. The fourth-order valence-corrected chi connectivity index (χ4v) is 0.470. The molecule has 2 N–H and O–H groups in total. The molecule has 0 atom stereocenters. The van der Waals surface area contributed by atoms with Crippen LogP contribution in [0.1, 0.15) is 13.8 Å². The average molecular weight is 681 g/mol. The summed E-state index contributed by atoms with van der Waals surface area (Å²) in [6.45, 7) is 9.74. The minimum Gasteiger partial charge on any atom is -0.565 e. The van der Waals surface area contributed by atoms with E-state index in [2.05, 4.69) is 24.4 Å². The number of aliphatic hydroxyl groups excluding tert-OH is 1. The zero-order valence-electron chi connectivity index (χ0n) is 11.3. The first-order chi connectivity index (χ1) is 6.91. The van der Waals surface area contributed by atoms with E-state index in [9.17, 15) is 0 Å². The summed E-state index contributed by atoms with van der Waals surface area (Å²) in [7, 11) is 0. The van der Waals surface area contributed by atoms with E-state index in [0.717, 1.165) is 6.61 Å². The molecule has 1 aromatic rings. The van der Waals surface area contributed by atoms with Gasteiger partial charge in [-0.3, -0.25) is 24.3 Å². The van der Waals surface area contributed by atoms with Gasteiger partial charge in [-0.05, 0) is 0 Å². The van der Waals surface area contributed by atoms with E-state index in [1.807, 2.05) is 38.1 Å². The Morgan fingerprint density at radius 1 is 1.17 bits per heavy atom. The summed E-state index contributed by atoms with van der Waals surface area (Å²) >= 11 is 0. The molecule has 0 aliphatic carbocycles. The fraction of sp³-hybridized carbons (Fsp3) is 0.308. The summed E-state index contributed by atoms with van der Waals surface area (Å²) in [5.74, 6) is 0. The van der Waals surface area contributed by atoms with Crippen molar-refractivity contribution in [3.8, 4) is 0 Å². The summed E-state index contributed by atoms with van der Waals surface area (Å²) < 4.78 is 0. The first-order valence-electron chi connectivity index (χ1n) is 4.69. The SMILES string of the molecule is CC.[CH2-]CNC[CH-]O.[CH3-].[U+2].[V+2].[W].[c-]1cc[c-]cc1. The van der Waals surface area contributed by atoms with Crippen LogP contribution in [0.3, 0.4) is 0 Å². The van der Waals surface area contributed by atoms with Crippen LogP contribution in [-0.2, 0) is 39.6 Å². The van der Waals surface area contributed by atoms with E-state index < -0.39 is 0 Å². The van der Waals surface area contributed by atoms with E-state index in [1.54, 1.807) is 0 Å². The number of hydrogen-bond donors (Lipinski definition) is 2. The Balaban J connectivity index is -0.0000000294. The molecule has 2 nitrogen and oxygen atoms in total. The maximum atomic E-state index is 7.98. The fourth-order valence-electron chi connectivity index (χ4n) is 0.470. The number of hydrogen-bond acceptors (Lipinski definition) is 2. The summed E-state index contributed by atoms with van der Waals surface area (Å²) in [6.07, 6.45) is 0. The van der Waals surface area contributed by atoms with Crippen molar-refractivity contribution in [2.45, 2.75) is 13.8 Å². The quantitative estimate of drug-likeness (QED) is 0.381. The number of benzene rings is 1. The molecule has 1 radical (unpaired) electrons. The molecule has 0 heterocycles. The van der Waals surface area contributed by atoms with Gasteiger partial charge in [-0.25, -0.2) is 6.61 Å². The number of aliphatic hydroxyl groups is 1. The van der Waals surface area contributed by atoms with Crippen LogP contribution < -0.4 is 5.32 Å². The second-order valence-corrected chi connectivity index (χ2v) is 1.89. The van der Waals surface area contributed by atoms with Gasteiger partial charge < -0.3 is 36.9 Å². The summed E-state index contributed by atoms with van der Waals surface area (Å²) in [5.41, 5.74) is 0. The molecular weight excluding hydrogens is 659 g/mol. The van der Waals surface area contributed by atoms with Crippen LogP contribution in [0.15, 0.2) is 24.3 Å². The van der Waals surface area contributed by atoms with Crippen molar-refractivity contribution >= 4 is 0 Å². The molecule has 1 aromatic carbocycles. The van der Waals surface area contributed by atoms with Crippen molar-refractivity contribution in [1.82, 2.24) is 5.32 Å². The van der Waals surface area contributed by atoms with Crippen LogP contribution in [0, 0.1) is 64.2 Å². The van der Waals surface area contributed by atoms with Gasteiger partial charge in [0.2, 0.25) is 0 Å². The van der Waals surface area contributed by atoms with Crippen molar-refractivity contribution in [1.29, 1.82) is 0 Å². The van der Waals surface area contributed by atoms with Gasteiger partial charge in [-0.15, -0.1) is 13.1 Å². The van der Waals surface area contributed by atoms with Crippen LogP contribution in [0.25, 0.3) is 0 Å². The largest absolute Gasteiger partial charge is 2.00 e. The summed E-state index contributed by atoms with van der Waals surface area (Å²) in [6, 6.07) is 13.0. The second kappa shape index (κ2) is 42.8. The zero-order valence-corrected chi connectivity index (χ0v) is 19.8. The van der Waals surface area contributed by atoms with Gasteiger partial charge in [0.05, 0.1) is 0 Å².